The van der Waals surface area contributed by atoms with Gasteiger partial charge in [0.05, 0.1) is 22.8 Å². The minimum atomic E-state index is 0.814. The Hall–Kier alpha value is -17.4. The van der Waals surface area contributed by atoms with Crippen molar-refractivity contribution in [2.75, 3.05) is 0 Å². The van der Waals surface area contributed by atoms with Gasteiger partial charge in [-0.2, -0.15) is 0 Å². The third-order valence-corrected chi connectivity index (χ3v) is 24.9. The van der Waals surface area contributed by atoms with Crippen molar-refractivity contribution in [3.63, 3.8) is 0 Å². The topological polar surface area (TPSA) is 131 Å². The minimum Gasteiger partial charge on any atom is -0.275 e. The summed E-state index contributed by atoms with van der Waals surface area (Å²) in [5.41, 5.74) is 18.2. The summed E-state index contributed by atoms with van der Waals surface area (Å²) in [5, 5.41) is 52.7. The van der Waals surface area contributed by atoms with Gasteiger partial charge in [-0.25, -0.2) is 0 Å². The minimum absolute atomic E-state index is 0.814. The van der Waals surface area contributed by atoms with Crippen LogP contribution in [0.1, 0.15) is 0 Å². The molecule has 592 valence electrons. The molecule has 0 aliphatic rings. The number of nitrogens with zero attached hydrogens (tertiary/aromatic N) is 12. The number of fused-ring (bicyclic) bond motifs is 1. The smallest absolute Gasteiger partial charge is 0.168 e. The van der Waals surface area contributed by atoms with Crippen LogP contribution < -0.4 is 0 Å². The zero-order chi connectivity index (χ0) is 83.8. The maximum atomic E-state index is 4.89. The van der Waals surface area contributed by atoms with Crippen LogP contribution in [0.3, 0.4) is 0 Å². The SMILES string of the molecule is c1ccc(-c2nnc(-c3ccccc3)n2-c2ccc(-c3ccc4ccc5c(-c6ccccn6)ccc6ccc3c4c65)cc2)cc1.c1ccc(-c2nnc(-c3ccccc3)n2-c2ccc3ccc4c(-c5cc6ccccc6cn5)ccc5ccc2c3c54)cc1.c1ccc(-c2nnc(-c3ccccc3)n2-c2ccc3ccc4c(-c5cccnc5)ccc5ccc2c3c54)cc1. The van der Waals surface area contributed by atoms with Gasteiger partial charge in [-0.05, 0) is 157 Å². The predicted molar refractivity (Wildman–Crippen MR) is 520 cm³/mol. The summed E-state index contributed by atoms with van der Waals surface area (Å²) in [6.45, 7) is 0. The van der Waals surface area contributed by atoms with E-state index < -0.39 is 0 Å². The molecule has 6 heterocycles. The first-order valence-corrected chi connectivity index (χ1v) is 42.6. The zero-order valence-corrected chi connectivity index (χ0v) is 68.4. The van der Waals surface area contributed by atoms with Crippen LogP contribution in [-0.4, -0.2) is 59.2 Å². The summed E-state index contributed by atoms with van der Waals surface area (Å²) in [5.74, 6) is 4.90. The molecule has 0 fully saturated rings. The van der Waals surface area contributed by atoms with Crippen molar-refractivity contribution in [3.8, 4) is 130 Å². The van der Waals surface area contributed by atoms with Gasteiger partial charge in [0.1, 0.15) is 0 Å². The molecule has 0 atom stereocenters. The van der Waals surface area contributed by atoms with Crippen LogP contribution in [0.25, 0.3) is 238 Å². The molecule has 0 N–H and O–H groups in total. The van der Waals surface area contributed by atoms with E-state index in [9.17, 15) is 0 Å². The maximum Gasteiger partial charge on any atom is 0.168 e. The lowest BCUT2D eigenvalue weighted by Gasteiger charge is -2.18. The van der Waals surface area contributed by atoms with E-state index in [-0.39, 0.29) is 0 Å². The van der Waals surface area contributed by atoms with Gasteiger partial charge in [0.15, 0.2) is 34.9 Å². The Labute approximate surface area is 729 Å². The van der Waals surface area contributed by atoms with Crippen LogP contribution in [0.2, 0.25) is 0 Å². The third kappa shape index (κ3) is 12.7. The van der Waals surface area contributed by atoms with E-state index in [1.807, 2.05) is 152 Å². The maximum absolute atomic E-state index is 4.89. The van der Waals surface area contributed by atoms with Crippen molar-refractivity contribution in [1.82, 2.24) is 59.2 Å². The molecular weight excluding hydrogens is 1550 g/mol. The van der Waals surface area contributed by atoms with E-state index in [0.29, 0.717) is 0 Å². The number of hydrogen-bond donors (Lipinski definition) is 0. The van der Waals surface area contributed by atoms with Crippen LogP contribution >= 0.6 is 0 Å². The Morgan fingerprint density at radius 1 is 0.173 bits per heavy atom. The monoisotopic (exact) mass is 1620 g/mol. The fourth-order valence-electron chi connectivity index (χ4n) is 19.0. The average molecular weight is 1620 g/mol. The molecule has 0 saturated heterocycles. The molecule has 0 unspecified atom stereocenters. The largest absolute Gasteiger partial charge is 0.275 e. The lowest BCUT2D eigenvalue weighted by atomic mass is 9.88. The predicted octanol–water partition coefficient (Wildman–Crippen LogP) is 28.5. The van der Waals surface area contributed by atoms with Crippen LogP contribution in [0.4, 0.5) is 0 Å². The van der Waals surface area contributed by atoms with Gasteiger partial charge in [-0.15, -0.1) is 30.6 Å². The van der Waals surface area contributed by atoms with Gasteiger partial charge in [-0.3, -0.25) is 28.7 Å². The first-order valence-electron chi connectivity index (χ1n) is 42.6. The number of benzene rings is 20. The number of pyridine rings is 3. The molecule has 0 saturated carbocycles. The molecule has 0 aliphatic carbocycles. The van der Waals surface area contributed by atoms with Crippen molar-refractivity contribution in [2.45, 2.75) is 0 Å². The van der Waals surface area contributed by atoms with Crippen LogP contribution in [-0.2, 0) is 0 Å². The molecule has 127 heavy (non-hydrogen) atoms. The molecule has 0 aliphatic heterocycles. The van der Waals surface area contributed by atoms with Gasteiger partial charge in [0, 0.05) is 96.7 Å². The molecule has 6 aromatic heterocycles. The first-order chi connectivity index (χ1) is 63.0. The van der Waals surface area contributed by atoms with E-state index in [4.69, 9.17) is 25.4 Å². The quantitative estimate of drug-likeness (QED) is 0.104. The average Bonchev–Trinajstić information content (AvgIpc) is 1.25. The van der Waals surface area contributed by atoms with E-state index >= 15 is 0 Å². The Morgan fingerprint density at radius 3 is 0.874 bits per heavy atom. The van der Waals surface area contributed by atoms with E-state index in [2.05, 4.69) is 319 Å². The summed E-state index contributed by atoms with van der Waals surface area (Å²) in [4.78, 5) is 13.9. The molecule has 0 spiro atoms. The summed E-state index contributed by atoms with van der Waals surface area (Å²) < 4.78 is 6.57. The highest BCUT2D eigenvalue weighted by atomic mass is 15.3. The van der Waals surface area contributed by atoms with Crippen molar-refractivity contribution < 1.29 is 0 Å². The second kappa shape index (κ2) is 31.0. The van der Waals surface area contributed by atoms with Crippen LogP contribution in [0, 0.1) is 0 Å². The van der Waals surface area contributed by atoms with E-state index in [1.54, 1.807) is 0 Å². The highest BCUT2D eigenvalue weighted by molar-refractivity contribution is 6.30. The fourth-order valence-corrected chi connectivity index (χ4v) is 19.0. The zero-order valence-electron chi connectivity index (χ0n) is 68.4. The number of aromatic nitrogens is 12. The first kappa shape index (κ1) is 73.6. The molecule has 26 aromatic rings. The molecular formula is C115H72N12. The summed E-state index contributed by atoms with van der Waals surface area (Å²) in [6.07, 6.45) is 7.59. The number of hydrogen-bond acceptors (Lipinski definition) is 9. The van der Waals surface area contributed by atoms with E-state index in [0.717, 1.165) is 130 Å². The highest BCUT2D eigenvalue weighted by Crippen LogP contribution is 2.48. The third-order valence-electron chi connectivity index (χ3n) is 24.9. The molecule has 0 bridgehead atoms. The molecule has 0 radical (unpaired) electrons. The second-order valence-corrected chi connectivity index (χ2v) is 32.1. The molecule has 20 aromatic carbocycles. The summed E-state index contributed by atoms with van der Waals surface area (Å²) >= 11 is 0. The van der Waals surface area contributed by atoms with Gasteiger partial charge in [0.25, 0.3) is 0 Å². The molecule has 12 heteroatoms. The fraction of sp³-hybridized carbons (Fsp3) is 0. The Kier molecular flexibility index (Phi) is 17.9. The second-order valence-electron chi connectivity index (χ2n) is 32.1. The Bertz CT molecular complexity index is 8420. The molecule has 26 rings (SSSR count). The normalized spacial score (nSPS) is 11.6. The Balaban J connectivity index is 0.000000107. The van der Waals surface area contributed by atoms with Crippen molar-refractivity contribution >= 4 is 108 Å². The van der Waals surface area contributed by atoms with Gasteiger partial charge in [0.2, 0.25) is 0 Å². The van der Waals surface area contributed by atoms with Crippen LogP contribution in [0.5, 0.6) is 0 Å². The van der Waals surface area contributed by atoms with Gasteiger partial charge in [-0.1, -0.05) is 364 Å². The van der Waals surface area contributed by atoms with Crippen molar-refractivity contribution in [1.29, 1.82) is 0 Å². The molecule has 0 amide bonds. The number of rotatable bonds is 13. The van der Waals surface area contributed by atoms with Crippen LogP contribution in [0.15, 0.2) is 437 Å². The Morgan fingerprint density at radius 2 is 0.488 bits per heavy atom. The molecule has 12 nitrogen and oxygen atoms in total. The van der Waals surface area contributed by atoms with Gasteiger partial charge < -0.3 is 0 Å². The highest BCUT2D eigenvalue weighted by Gasteiger charge is 2.26. The van der Waals surface area contributed by atoms with Crippen molar-refractivity contribution in [3.05, 3.63) is 437 Å². The lowest BCUT2D eigenvalue weighted by molar-refractivity contribution is 1.07. The van der Waals surface area contributed by atoms with E-state index in [1.165, 1.54) is 108 Å². The lowest BCUT2D eigenvalue weighted by Crippen LogP contribution is -2.02. The van der Waals surface area contributed by atoms with Crippen molar-refractivity contribution in [2.24, 2.45) is 0 Å². The summed E-state index contributed by atoms with van der Waals surface area (Å²) in [6, 6.07) is 145. The van der Waals surface area contributed by atoms with Gasteiger partial charge >= 0.3 is 0 Å². The summed E-state index contributed by atoms with van der Waals surface area (Å²) in [7, 11) is 0. The standard InChI is InChI=1S/C41H26N4.C39H24N4.C35H22N4/c1-3-9-30(10-4-1)40-43-44-41(31-11-5-2-6-12-31)45(40)32-20-14-27(15-21-32)33-22-16-28-19-25-36-34(37-13-7-8-26-42-37)23-17-29-18-24-35(33)38(28)39(29)36;1-3-9-27(10-4-1)38-41-42-39(28-11-5-2-6-12-28)43(38)35-22-18-26-16-20-32-31(19-15-25-17-21-33(35)37(26)36(25)32)34-23-29-13-7-8-14-30(29)24-40-34;1-3-8-25(9-4-1)34-37-38-35(26-10-5-2-6-11-26)39(34)31-20-16-24-14-18-29-28(27-12-7-21-36-22-27)17-13-23-15-19-30(31)33(24)32(23)29/h1-26H;1-24H;1-22H.